The van der Waals surface area contributed by atoms with Crippen LogP contribution in [0.3, 0.4) is 0 Å². The van der Waals surface area contributed by atoms with E-state index in [4.69, 9.17) is 9.47 Å². The summed E-state index contributed by atoms with van der Waals surface area (Å²) in [5.74, 6) is 0.736. The molecular formula is C34H46N2O4. The third kappa shape index (κ3) is 6.60. The molecule has 40 heavy (non-hydrogen) atoms. The van der Waals surface area contributed by atoms with Crippen LogP contribution in [0.2, 0.25) is 0 Å². The van der Waals surface area contributed by atoms with Crippen LogP contribution in [-0.2, 0) is 26.2 Å². The molecule has 1 amide bonds. The number of hydrogen-bond donors (Lipinski definition) is 0. The Morgan fingerprint density at radius 1 is 1.10 bits per heavy atom. The summed E-state index contributed by atoms with van der Waals surface area (Å²) >= 11 is 0. The molecule has 216 valence electrons. The molecule has 0 radical (unpaired) electrons. The van der Waals surface area contributed by atoms with Crippen molar-refractivity contribution in [1.82, 2.24) is 9.80 Å². The smallest absolute Gasteiger partial charge is 0.303 e. The molecule has 6 heteroatoms. The van der Waals surface area contributed by atoms with Crippen molar-refractivity contribution in [3.05, 3.63) is 78.4 Å². The van der Waals surface area contributed by atoms with Gasteiger partial charge in [-0.1, -0.05) is 55.0 Å². The predicted molar refractivity (Wildman–Crippen MR) is 159 cm³/mol. The normalized spacial score (nSPS) is 24.5. The number of ether oxygens (including phenoxy) is 2. The third-order valence-electron chi connectivity index (χ3n) is 9.16. The van der Waals surface area contributed by atoms with Crippen molar-refractivity contribution in [3.63, 3.8) is 0 Å². The largest absolute Gasteiger partial charge is 0.497 e. The van der Waals surface area contributed by atoms with E-state index in [0.717, 1.165) is 69.3 Å². The van der Waals surface area contributed by atoms with Crippen molar-refractivity contribution in [3.8, 4) is 5.75 Å². The number of nitrogens with zero attached hydrogens (tertiary/aromatic N) is 2. The van der Waals surface area contributed by atoms with Gasteiger partial charge >= 0.3 is 5.97 Å². The number of unbranched alkanes of at least 4 members (excludes halogenated alkanes) is 2. The van der Waals surface area contributed by atoms with Crippen LogP contribution in [0.5, 0.6) is 5.75 Å². The van der Waals surface area contributed by atoms with Gasteiger partial charge in [-0.25, -0.2) is 0 Å². The molecule has 6 nitrogen and oxygen atoms in total. The van der Waals surface area contributed by atoms with Crippen molar-refractivity contribution in [1.29, 1.82) is 0 Å². The van der Waals surface area contributed by atoms with Crippen molar-refractivity contribution >= 4 is 11.9 Å². The van der Waals surface area contributed by atoms with Crippen molar-refractivity contribution in [2.24, 2.45) is 0 Å². The van der Waals surface area contributed by atoms with Gasteiger partial charge in [0.05, 0.1) is 7.11 Å². The molecule has 0 unspecified atom stereocenters. The monoisotopic (exact) mass is 546 g/mol. The maximum atomic E-state index is 13.4. The number of piperidine rings is 1. The number of benzene rings is 2. The minimum atomic E-state index is -0.676. The van der Waals surface area contributed by atoms with Gasteiger partial charge in [0.1, 0.15) is 11.4 Å². The Balaban J connectivity index is 1.51. The third-order valence-corrected chi connectivity index (χ3v) is 9.16. The molecule has 1 saturated carbocycles. The lowest BCUT2D eigenvalue weighted by molar-refractivity contribution is -0.189. The number of esters is 1. The highest BCUT2D eigenvalue weighted by Gasteiger charge is 2.61. The molecular weight excluding hydrogens is 500 g/mol. The predicted octanol–water partition coefficient (Wildman–Crippen LogP) is 5.94. The first-order valence-corrected chi connectivity index (χ1v) is 14.8. The van der Waals surface area contributed by atoms with Gasteiger partial charge in [-0.2, -0.15) is 0 Å². The average molecular weight is 547 g/mol. The summed E-state index contributed by atoms with van der Waals surface area (Å²) in [6.45, 7) is 7.73. The van der Waals surface area contributed by atoms with E-state index in [1.54, 1.807) is 7.11 Å². The number of aryl methyl sites for hydroxylation is 1. The standard InChI is InChI=1S/C34H46N2O4/c1-5-22-36-23-21-33(29-16-12-17-31(24-29)39-4)25-30(19-20-34(33,26-36)40-27(2)37)35(3)32(38)18-11-7-10-15-28-13-8-6-9-14-28/h5-6,8-9,12-14,16-17,24,30H,1,7,10-11,15,18-23,25-26H2,2-4H3/t30-,33+,34+/m1/s1. The van der Waals surface area contributed by atoms with Crippen molar-refractivity contribution in [2.45, 2.75) is 81.8 Å². The summed E-state index contributed by atoms with van der Waals surface area (Å²) in [6.07, 6.45) is 9.67. The molecule has 0 bridgehead atoms. The van der Waals surface area contributed by atoms with Crippen LogP contribution in [0.15, 0.2) is 67.3 Å². The first kappa shape index (κ1) is 29.9. The zero-order valence-electron chi connectivity index (χ0n) is 24.6. The Bertz CT molecular complexity index is 1150. The number of fused-ring (bicyclic) bond motifs is 1. The zero-order valence-corrected chi connectivity index (χ0v) is 24.6. The van der Waals surface area contributed by atoms with Crippen LogP contribution in [0.25, 0.3) is 0 Å². The van der Waals surface area contributed by atoms with E-state index >= 15 is 0 Å². The number of carbonyl (C=O) groups excluding carboxylic acids is 2. The maximum absolute atomic E-state index is 13.4. The van der Waals surface area contributed by atoms with Gasteiger partial charge in [-0.15, -0.1) is 6.58 Å². The molecule has 2 aliphatic rings. The minimum absolute atomic E-state index is 0.0812. The van der Waals surface area contributed by atoms with Gasteiger partial charge in [-0.3, -0.25) is 14.5 Å². The number of rotatable bonds is 12. The van der Waals surface area contributed by atoms with Crippen LogP contribution in [-0.4, -0.2) is 67.1 Å². The van der Waals surface area contributed by atoms with E-state index in [2.05, 4.69) is 47.9 Å². The fraction of sp³-hybridized carbons (Fsp3) is 0.529. The molecule has 1 heterocycles. The molecule has 0 N–H and O–H groups in total. The molecule has 0 spiro atoms. The van der Waals surface area contributed by atoms with Gasteiger partial charge in [0.15, 0.2) is 0 Å². The molecule has 1 saturated heterocycles. The number of methoxy groups -OCH3 is 1. The summed E-state index contributed by atoms with van der Waals surface area (Å²) in [7, 11) is 3.64. The second-order valence-electron chi connectivity index (χ2n) is 11.6. The lowest BCUT2D eigenvalue weighted by Gasteiger charge is -2.60. The van der Waals surface area contributed by atoms with Gasteiger partial charge in [0.25, 0.3) is 0 Å². The van der Waals surface area contributed by atoms with E-state index in [1.165, 1.54) is 12.5 Å². The van der Waals surface area contributed by atoms with Crippen LogP contribution < -0.4 is 4.74 Å². The van der Waals surface area contributed by atoms with E-state index < -0.39 is 11.0 Å². The molecule has 2 fully saturated rings. The van der Waals surface area contributed by atoms with Gasteiger partial charge < -0.3 is 14.4 Å². The molecule has 2 aromatic carbocycles. The van der Waals surface area contributed by atoms with Crippen LogP contribution in [0, 0.1) is 0 Å². The first-order chi connectivity index (χ1) is 19.3. The summed E-state index contributed by atoms with van der Waals surface area (Å²) in [5, 5.41) is 0. The average Bonchev–Trinajstić information content (AvgIpc) is 2.96. The quantitative estimate of drug-likeness (QED) is 0.187. The van der Waals surface area contributed by atoms with E-state index in [1.807, 2.05) is 36.2 Å². The fourth-order valence-corrected chi connectivity index (χ4v) is 7.06. The topological polar surface area (TPSA) is 59.1 Å². The van der Waals surface area contributed by atoms with Crippen molar-refractivity contribution in [2.75, 3.05) is 33.8 Å². The molecule has 0 aromatic heterocycles. The highest BCUT2D eigenvalue weighted by atomic mass is 16.6. The Kier molecular flexibility index (Phi) is 10.1. The number of carbonyl (C=O) groups is 2. The lowest BCUT2D eigenvalue weighted by Crippen LogP contribution is -2.68. The summed E-state index contributed by atoms with van der Waals surface area (Å²) in [5.41, 5.74) is 1.38. The first-order valence-electron chi connectivity index (χ1n) is 14.8. The molecule has 1 aliphatic carbocycles. The highest BCUT2D eigenvalue weighted by Crippen LogP contribution is 2.54. The van der Waals surface area contributed by atoms with E-state index in [0.29, 0.717) is 19.4 Å². The fourth-order valence-electron chi connectivity index (χ4n) is 7.06. The number of amides is 1. The van der Waals surface area contributed by atoms with Gasteiger partial charge in [-0.05, 0) is 74.8 Å². The summed E-state index contributed by atoms with van der Waals surface area (Å²) in [4.78, 5) is 30.2. The van der Waals surface area contributed by atoms with Crippen molar-refractivity contribution < 1.29 is 19.1 Å². The Morgan fingerprint density at radius 2 is 1.90 bits per heavy atom. The SMILES string of the molecule is C=CCN1CC[C@@]2(c3cccc(OC)c3)C[C@H](N(C)C(=O)CCCCCc3ccccc3)CC[C@]2(OC(C)=O)C1. The molecule has 4 rings (SSSR count). The Labute approximate surface area is 240 Å². The van der Waals surface area contributed by atoms with Crippen LogP contribution in [0.4, 0.5) is 0 Å². The van der Waals surface area contributed by atoms with Gasteiger partial charge in [0.2, 0.25) is 5.91 Å². The molecule has 3 atom stereocenters. The van der Waals surface area contributed by atoms with Gasteiger partial charge in [0, 0.05) is 44.9 Å². The Hall–Kier alpha value is -3.12. The highest BCUT2D eigenvalue weighted by molar-refractivity contribution is 5.76. The minimum Gasteiger partial charge on any atom is -0.497 e. The molecule has 1 aliphatic heterocycles. The summed E-state index contributed by atoms with van der Waals surface area (Å²) < 4.78 is 12.0. The lowest BCUT2D eigenvalue weighted by atomic mass is 9.55. The molecule has 2 aromatic rings. The van der Waals surface area contributed by atoms with Crippen LogP contribution >= 0.6 is 0 Å². The van der Waals surface area contributed by atoms with Crippen LogP contribution in [0.1, 0.15) is 69.4 Å². The van der Waals surface area contributed by atoms with E-state index in [9.17, 15) is 9.59 Å². The number of likely N-dealkylation sites (tertiary alicyclic amines) is 1. The van der Waals surface area contributed by atoms with E-state index in [-0.39, 0.29) is 17.9 Å². The zero-order chi connectivity index (χ0) is 28.6. The number of hydrogen-bond acceptors (Lipinski definition) is 5. The second-order valence-corrected chi connectivity index (χ2v) is 11.6. The summed E-state index contributed by atoms with van der Waals surface area (Å²) in [6, 6.07) is 18.8. The Morgan fingerprint density at radius 3 is 2.62 bits per heavy atom. The maximum Gasteiger partial charge on any atom is 0.303 e. The second kappa shape index (κ2) is 13.5.